The quantitative estimate of drug-likeness (QED) is 0.0220. The third-order valence-electron chi connectivity index (χ3n) is 17.7. The Morgan fingerprint density at radius 3 is 1.15 bits per heavy atom. The summed E-state index contributed by atoms with van der Waals surface area (Å²) in [5, 5.41) is 212. The fourth-order valence-electron chi connectivity index (χ4n) is 12.7. The van der Waals surface area contributed by atoms with Gasteiger partial charge in [0.25, 0.3) is 0 Å². The summed E-state index contributed by atoms with van der Waals surface area (Å²) in [4.78, 5) is 63.2. The first kappa shape index (κ1) is 90.9. The number of amides is 4. The fourth-order valence-corrected chi connectivity index (χ4v) is 13.6. The molecule has 0 radical (unpaired) electrons. The highest BCUT2D eigenvalue weighted by atomic mass is 32.3. The van der Waals surface area contributed by atoms with Crippen LogP contribution in [-0.4, -0.2) is 422 Å². The van der Waals surface area contributed by atoms with Crippen LogP contribution >= 0.6 is 0 Å². The Hall–Kier alpha value is -4.24. The number of aliphatic carboxylic acids is 1. The summed E-state index contributed by atoms with van der Waals surface area (Å²) in [6.45, 7) is -6.28. The van der Waals surface area contributed by atoms with Gasteiger partial charge in [0, 0.05) is 34.1 Å². The molecule has 21 N–H and O–H groups in total. The largest absolute Gasteiger partial charge is 0.726 e. The van der Waals surface area contributed by atoms with Gasteiger partial charge >= 0.3 is 0 Å². The van der Waals surface area contributed by atoms with Gasteiger partial charge in [0.05, 0.1) is 58.4 Å². The van der Waals surface area contributed by atoms with Crippen molar-refractivity contribution in [3.8, 4) is 0 Å². The van der Waals surface area contributed by atoms with Gasteiger partial charge in [0.15, 0.2) is 37.7 Å². The summed E-state index contributed by atoms with van der Waals surface area (Å²) < 4.78 is 194. The van der Waals surface area contributed by atoms with Gasteiger partial charge in [0.2, 0.25) is 60.6 Å². The summed E-state index contributed by atoms with van der Waals surface area (Å²) in [6.07, 6.45) is -74.9. The van der Waals surface area contributed by atoms with E-state index in [4.69, 9.17) is 61.6 Å². The van der Waals surface area contributed by atoms with E-state index in [1.165, 1.54) is 0 Å². The molecule has 7 fully saturated rings. The third-order valence-corrected chi connectivity index (χ3v) is 19.0. The van der Waals surface area contributed by atoms with E-state index in [9.17, 15) is 155 Å². The van der Waals surface area contributed by atoms with E-state index in [-0.39, 0.29) is 0 Å². The normalized spacial score (nSPS) is 42.7. The minimum atomic E-state index is -5.96. The maximum absolute atomic E-state index is 13.2. The standard InChI is InChI=1S/C53H88N4O48S3/c1-13(62)54-25-17(66)5-53(52(79)80,104-42(25)29(68)18(67)6-58)105-45-32(71)23(11-91-107(84,85)86)97-51(38(45)77)101-41-24(12-92-108(87,88)89)98-48(28(35(41)74)57-16(4)65)103-44-31(70)22(10-90-106(81,82)83)96-50(37(44)76)100-40-21(9-61)95-47(27(34(40)73)56-15(3)64)102-43-30(69)19(7-59)94-49(36(43)75)99-39-20(8-60)93-46(78)26(33(39)72)55-14(2)63/h17-51,58-61,66-78H,5-12H2,1-4H3,(H,54,62)(H,55,63)(H,56,64)(H,57,65)(H,79,80)(H,81,82,83)(H,84,85,86)(H,87,88,89)/p-4/t17-,18+,19+,20+,21+,22+,23+,24+,25+,26+,27+,28+,29+,30-,31-,32-,33+,34+,35+,36+,37+,38+,39+,40+,41+,42+,43-,44-,45-,46+,47-,48-,49-,50-,51-,53-/m0/s1. The van der Waals surface area contributed by atoms with E-state index in [2.05, 4.69) is 33.8 Å². The molecule has 55 heteroatoms. The lowest BCUT2D eigenvalue weighted by atomic mass is 9.88. The van der Waals surface area contributed by atoms with Crippen molar-refractivity contribution < 1.29 is 229 Å². The number of rotatable bonds is 32. The molecule has 52 nitrogen and oxygen atoms in total. The second kappa shape index (κ2) is 37.8. The van der Waals surface area contributed by atoms with Gasteiger partial charge in [-0.15, -0.1) is 0 Å². The number of aliphatic hydroxyl groups excluding tert-OH is 17. The second-order valence-corrected chi connectivity index (χ2v) is 28.6. The zero-order chi connectivity index (χ0) is 80.9. The van der Waals surface area contributed by atoms with Gasteiger partial charge < -0.3 is 193 Å². The smallest absolute Gasteiger partial charge is 0.217 e. The lowest BCUT2D eigenvalue weighted by molar-refractivity contribution is -0.411. The van der Waals surface area contributed by atoms with Crippen molar-refractivity contribution in [2.45, 2.75) is 254 Å². The molecule has 108 heavy (non-hydrogen) atoms. The first-order valence-electron chi connectivity index (χ1n) is 32.1. The molecule has 4 amide bonds. The molecule has 7 aliphatic rings. The molecule has 626 valence electrons. The lowest BCUT2D eigenvalue weighted by Gasteiger charge is -2.52. The number of hydrogen-bond acceptors (Lipinski definition) is 48. The summed E-state index contributed by atoms with van der Waals surface area (Å²) in [7, 11) is -17.6. The number of hydrogen-bond donors (Lipinski definition) is 21. The Balaban J connectivity index is 1.20. The number of carbonyl (C=O) groups excluding carboxylic acids is 5. The number of carbonyl (C=O) groups is 5. The Morgan fingerprint density at radius 2 is 0.750 bits per heavy atom. The summed E-state index contributed by atoms with van der Waals surface area (Å²) in [5.41, 5.74) is 0. The van der Waals surface area contributed by atoms with Crippen LogP contribution in [0.2, 0.25) is 0 Å². The van der Waals surface area contributed by atoms with Crippen LogP contribution in [0.25, 0.3) is 0 Å². The predicted molar refractivity (Wildman–Crippen MR) is 318 cm³/mol. The maximum Gasteiger partial charge on any atom is 0.217 e. The highest BCUT2D eigenvalue weighted by Crippen LogP contribution is 2.41. The first-order valence-corrected chi connectivity index (χ1v) is 36.1. The monoisotopic (exact) mass is 1640 g/mol. The lowest BCUT2D eigenvalue weighted by Crippen LogP contribution is -2.72. The number of carboxylic acid groups (broad SMARTS) is 1. The molecule has 36 atom stereocenters. The molecule has 0 bridgehead atoms. The molecule has 0 aromatic heterocycles. The Labute approximate surface area is 609 Å². The van der Waals surface area contributed by atoms with Gasteiger partial charge in [-0.3, -0.25) is 31.7 Å². The van der Waals surface area contributed by atoms with Crippen LogP contribution in [0.3, 0.4) is 0 Å². The Kier molecular flexibility index (Phi) is 31.8. The van der Waals surface area contributed by atoms with Gasteiger partial charge in [-0.25, -0.2) is 25.3 Å². The highest BCUT2D eigenvalue weighted by Gasteiger charge is 2.61. The number of carboxylic acids is 1. The van der Waals surface area contributed by atoms with Crippen molar-refractivity contribution in [1.82, 2.24) is 21.3 Å². The molecule has 7 aliphatic heterocycles. The average Bonchev–Trinajstić information content (AvgIpc) is 0.756. The molecule has 0 aliphatic carbocycles. The molecule has 0 unspecified atom stereocenters. The number of nitrogens with one attached hydrogen (secondary N) is 4. The van der Waals surface area contributed by atoms with E-state index in [0.29, 0.717) is 0 Å². The summed E-state index contributed by atoms with van der Waals surface area (Å²) in [6, 6.07) is -8.01. The van der Waals surface area contributed by atoms with Crippen LogP contribution in [0.5, 0.6) is 0 Å². The SMILES string of the molecule is CC(=O)N[C@@H]1[C@@H](O)[C@H](O[C@@H]2O[C@H](CO)[C@H](O)[C@H](O[C@@H]3O[C@H](CO)[C@@H](O[C@@H]4O[C@H](COS(=O)(=O)[O-])[C@H](O)[C@H](O[C@@H]5O[C@H](COS(=O)(=O)[O-])[C@@H](O[C@@H]6O[C@H](COS(=O)(=O)[O-])[C@H](O)[C@H](O[C@]7(C(=O)[O-])C[C@H](O)[C@@H](NC(C)=O)[C@H]([C@H](O)[C@H](O)CO)O7)[C@H]6O)[C@H](O)[C@H]5NC(C)=O)[C@H]4O)[C@H](O)[C@H]3NC(C)=O)[C@H]2O)[C@@H](CO)O[C@H]1O. The first-order chi connectivity index (χ1) is 50.2. The Morgan fingerprint density at radius 1 is 0.426 bits per heavy atom. The Bertz CT molecular complexity index is 3360. The van der Waals surface area contributed by atoms with Crippen LogP contribution in [0.1, 0.15) is 34.1 Å². The second-order valence-electron chi connectivity index (χ2n) is 25.4. The minimum absolute atomic E-state index is 0.727. The van der Waals surface area contributed by atoms with Crippen LogP contribution < -0.4 is 26.4 Å². The van der Waals surface area contributed by atoms with Gasteiger partial charge in [-0.1, -0.05) is 0 Å². The van der Waals surface area contributed by atoms with E-state index in [0.717, 1.165) is 27.7 Å². The van der Waals surface area contributed by atoms with E-state index < -0.39 is 334 Å². The topological polar surface area (TPSA) is 820 Å². The molecule has 0 aromatic rings. The molecule has 7 rings (SSSR count). The molecule has 7 saturated heterocycles. The predicted octanol–water partition coefficient (Wildman–Crippen LogP) is -19.4. The van der Waals surface area contributed by atoms with Gasteiger partial charge in [-0.05, 0) is 0 Å². The van der Waals surface area contributed by atoms with Gasteiger partial charge in [-0.2, -0.15) is 0 Å². The summed E-state index contributed by atoms with van der Waals surface area (Å²) >= 11 is 0. The molecular formula is C53H84N4O48S3-4. The zero-order valence-electron chi connectivity index (χ0n) is 56.3. The van der Waals surface area contributed by atoms with Gasteiger partial charge in [0.1, 0.15) is 171 Å². The molecule has 0 aromatic carbocycles. The van der Waals surface area contributed by atoms with Crippen LogP contribution in [0, 0.1) is 0 Å². The van der Waals surface area contributed by atoms with Crippen molar-refractivity contribution in [1.29, 1.82) is 0 Å². The fraction of sp³-hybridized carbons (Fsp3) is 0.906. The van der Waals surface area contributed by atoms with Crippen molar-refractivity contribution in [2.24, 2.45) is 0 Å². The third kappa shape index (κ3) is 22.4. The molecule has 7 heterocycles. The summed E-state index contributed by atoms with van der Waals surface area (Å²) in [5.74, 6) is -10.3. The molecular weight excluding hydrogens is 1560 g/mol. The van der Waals surface area contributed by atoms with Crippen LogP contribution in [0.15, 0.2) is 0 Å². The number of aliphatic hydroxyl groups is 17. The zero-order valence-corrected chi connectivity index (χ0v) is 58.8. The van der Waals surface area contributed by atoms with Crippen LogP contribution in [-0.2, 0) is 129 Å². The van der Waals surface area contributed by atoms with E-state index in [1.54, 1.807) is 0 Å². The maximum atomic E-state index is 13.2. The highest BCUT2D eigenvalue weighted by molar-refractivity contribution is 7.81. The number of ether oxygens (including phenoxy) is 13. The minimum Gasteiger partial charge on any atom is -0.726 e. The van der Waals surface area contributed by atoms with E-state index >= 15 is 0 Å². The average molecular weight is 1640 g/mol. The van der Waals surface area contributed by atoms with Crippen molar-refractivity contribution >= 4 is 60.8 Å². The van der Waals surface area contributed by atoms with Crippen LogP contribution in [0.4, 0.5) is 0 Å². The van der Waals surface area contributed by atoms with E-state index in [1.807, 2.05) is 0 Å². The van der Waals surface area contributed by atoms with Crippen molar-refractivity contribution in [3.63, 3.8) is 0 Å². The van der Waals surface area contributed by atoms with Crippen molar-refractivity contribution in [2.75, 3.05) is 46.2 Å². The van der Waals surface area contributed by atoms with Crippen molar-refractivity contribution in [3.05, 3.63) is 0 Å². The molecule has 0 saturated carbocycles. The molecule has 0 spiro atoms.